The Labute approximate surface area is 133 Å². The van der Waals surface area contributed by atoms with Gasteiger partial charge in [-0.2, -0.15) is 4.31 Å². The van der Waals surface area contributed by atoms with E-state index in [-0.39, 0.29) is 17.2 Å². The first-order valence-corrected chi connectivity index (χ1v) is 8.93. The Kier molecular flexibility index (Phi) is 5.12. The van der Waals surface area contributed by atoms with E-state index in [0.717, 1.165) is 4.31 Å². The van der Waals surface area contributed by atoms with Gasteiger partial charge in [-0.05, 0) is 30.5 Å². The Morgan fingerprint density at radius 3 is 2.41 bits per heavy atom. The summed E-state index contributed by atoms with van der Waals surface area (Å²) in [6, 6.07) is 9.34. The highest BCUT2D eigenvalue weighted by Gasteiger charge is 2.24. The van der Waals surface area contributed by atoms with Gasteiger partial charge in [0.1, 0.15) is 6.10 Å². The van der Waals surface area contributed by atoms with Crippen molar-refractivity contribution < 1.29 is 18.3 Å². The van der Waals surface area contributed by atoms with Gasteiger partial charge in [0, 0.05) is 24.0 Å². The molecule has 1 unspecified atom stereocenters. The van der Waals surface area contributed by atoms with E-state index in [1.165, 1.54) is 49.6 Å². The van der Waals surface area contributed by atoms with Gasteiger partial charge < -0.3 is 5.11 Å². The van der Waals surface area contributed by atoms with Crippen molar-refractivity contribution in [2.45, 2.75) is 17.9 Å². The van der Waals surface area contributed by atoms with Crippen molar-refractivity contribution in [2.24, 2.45) is 0 Å². The van der Waals surface area contributed by atoms with Gasteiger partial charge in [-0.15, -0.1) is 11.3 Å². The summed E-state index contributed by atoms with van der Waals surface area (Å²) >= 11 is 1.38. The first-order chi connectivity index (χ1) is 10.3. The molecule has 0 aliphatic carbocycles. The average molecular weight is 339 g/mol. The summed E-state index contributed by atoms with van der Waals surface area (Å²) in [5, 5.41) is 11.9. The van der Waals surface area contributed by atoms with Crippen molar-refractivity contribution in [1.29, 1.82) is 0 Å². The topological polar surface area (TPSA) is 74.7 Å². The maximum atomic E-state index is 12.5. The molecule has 0 amide bonds. The molecule has 7 heteroatoms. The van der Waals surface area contributed by atoms with E-state index >= 15 is 0 Å². The number of nitrogens with zero attached hydrogens (tertiary/aromatic N) is 1. The number of carbonyl (C=O) groups is 1. The van der Waals surface area contributed by atoms with E-state index in [2.05, 4.69) is 0 Å². The molecule has 22 heavy (non-hydrogen) atoms. The molecular formula is C15H17NO4S2. The van der Waals surface area contributed by atoms with E-state index in [1.807, 2.05) is 5.38 Å². The fraction of sp³-hybridized carbons (Fsp3) is 0.267. The van der Waals surface area contributed by atoms with E-state index in [1.54, 1.807) is 12.1 Å². The molecule has 118 valence electrons. The number of sulfonamides is 1. The molecule has 0 bridgehead atoms. The molecule has 2 rings (SSSR count). The largest absolute Gasteiger partial charge is 0.386 e. The second kappa shape index (κ2) is 6.70. The van der Waals surface area contributed by atoms with Gasteiger partial charge in [-0.25, -0.2) is 8.42 Å². The summed E-state index contributed by atoms with van der Waals surface area (Å²) in [6.45, 7) is 1.39. The molecule has 0 saturated carbocycles. The molecule has 1 N–H and O–H groups in total. The zero-order valence-electron chi connectivity index (χ0n) is 12.3. The number of benzene rings is 1. The third kappa shape index (κ3) is 3.61. The van der Waals surface area contributed by atoms with E-state index in [9.17, 15) is 18.3 Å². The van der Waals surface area contributed by atoms with Gasteiger partial charge in [0.05, 0.1) is 4.90 Å². The molecule has 0 aliphatic rings. The van der Waals surface area contributed by atoms with Crippen LogP contribution in [0.3, 0.4) is 0 Å². The van der Waals surface area contributed by atoms with Crippen LogP contribution in [0.25, 0.3) is 0 Å². The van der Waals surface area contributed by atoms with Crippen LogP contribution in [0, 0.1) is 0 Å². The molecule has 0 spiro atoms. The molecule has 0 aliphatic heterocycles. The van der Waals surface area contributed by atoms with E-state index < -0.39 is 16.1 Å². The third-order valence-electron chi connectivity index (χ3n) is 3.27. The van der Waals surface area contributed by atoms with Crippen molar-refractivity contribution in [3.8, 4) is 0 Å². The molecule has 1 aromatic carbocycles. The molecule has 1 aromatic heterocycles. The van der Waals surface area contributed by atoms with Gasteiger partial charge in [0.25, 0.3) is 0 Å². The summed E-state index contributed by atoms with van der Waals surface area (Å²) in [4.78, 5) is 12.0. The quantitative estimate of drug-likeness (QED) is 0.820. The number of hydrogen-bond acceptors (Lipinski definition) is 5. The highest BCUT2D eigenvalue weighted by Crippen LogP contribution is 2.22. The lowest BCUT2D eigenvalue weighted by Gasteiger charge is -2.20. The minimum Gasteiger partial charge on any atom is -0.386 e. The van der Waals surface area contributed by atoms with Gasteiger partial charge in [0.2, 0.25) is 10.0 Å². The minimum absolute atomic E-state index is 0.0304. The van der Waals surface area contributed by atoms with Crippen molar-refractivity contribution >= 4 is 27.1 Å². The lowest BCUT2D eigenvalue weighted by molar-refractivity contribution is 0.101. The summed E-state index contributed by atoms with van der Waals surface area (Å²) in [6.07, 6.45) is -0.865. The number of aliphatic hydroxyl groups excluding tert-OH is 1. The van der Waals surface area contributed by atoms with Crippen LogP contribution in [0.5, 0.6) is 0 Å². The van der Waals surface area contributed by atoms with Crippen molar-refractivity contribution in [3.63, 3.8) is 0 Å². The maximum absolute atomic E-state index is 12.5. The minimum atomic E-state index is -3.70. The number of carbonyl (C=O) groups excluding carboxylic acids is 1. The number of likely N-dealkylation sites (N-methyl/N-ethyl adjacent to an activating group) is 1. The van der Waals surface area contributed by atoms with Crippen LogP contribution in [0.4, 0.5) is 0 Å². The van der Waals surface area contributed by atoms with E-state index in [0.29, 0.717) is 10.4 Å². The van der Waals surface area contributed by atoms with E-state index in [4.69, 9.17) is 0 Å². The predicted molar refractivity (Wildman–Crippen MR) is 85.5 cm³/mol. The van der Waals surface area contributed by atoms with Gasteiger partial charge in [-0.1, -0.05) is 18.2 Å². The highest BCUT2D eigenvalue weighted by molar-refractivity contribution is 7.89. The Balaban J connectivity index is 2.16. The monoisotopic (exact) mass is 339 g/mol. The molecule has 0 saturated heterocycles. The summed E-state index contributed by atoms with van der Waals surface area (Å²) in [7, 11) is -2.28. The number of Topliss-reactive ketones (excluding diaryl/α,β-unsaturated/α-hetero) is 1. The molecule has 0 radical (unpaired) electrons. The molecule has 2 aromatic rings. The van der Waals surface area contributed by atoms with Crippen LogP contribution in [0.15, 0.2) is 46.7 Å². The van der Waals surface area contributed by atoms with Crippen LogP contribution in [0.1, 0.15) is 28.3 Å². The van der Waals surface area contributed by atoms with Crippen LogP contribution in [-0.4, -0.2) is 37.2 Å². The van der Waals surface area contributed by atoms with Crippen molar-refractivity contribution in [1.82, 2.24) is 4.31 Å². The number of rotatable bonds is 6. The normalized spacial score (nSPS) is 13.3. The lowest BCUT2D eigenvalue weighted by atomic mass is 10.2. The SMILES string of the molecule is CC(=O)c1ccc(S(=O)(=O)N(C)CC(O)c2cccs2)cc1. The van der Waals surface area contributed by atoms with Crippen LogP contribution < -0.4 is 0 Å². The molecule has 0 fully saturated rings. The highest BCUT2D eigenvalue weighted by atomic mass is 32.2. The summed E-state index contributed by atoms with van der Waals surface area (Å²) in [5.41, 5.74) is 0.459. The summed E-state index contributed by atoms with van der Waals surface area (Å²) in [5.74, 6) is -0.120. The Morgan fingerprint density at radius 2 is 1.91 bits per heavy atom. The van der Waals surface area contributed by atoms with Gasteiger partial charge in [0.15, 0.2) is 5.78 Å². The Morgan fingerprint density at radius 1 is 1.27 bits per heavy atom. The average Bonchev–Trinajstić information content (AvgIpc) is 3.01. The Bertz CT molecular complexity index is 736. The number of ketones is 1. The van der Waals surface area contributed by atoms with Crippen molar-refractivity contribution in [3.05, 3.63) is 52.2 Å². The maximum Gasteiger partial charge on any atom is 0.242 e. The second-order valence-corrected chi connectivity index (χ2v) is 7.92. The second-order valence-electron chi connectivity index (χ2n) is 4.90. The van der Waals surface area contributed by atoms with Crippen LogP contribution in [-0.2, 0) is 10.0 Å². The van der Waals surface area contributed by atoms with Gasteiger partial charge >= 0.3 is 0 Å². The van der Waals surface area contributed by atoms with Crippen molar-refractivity contribution in [2.75, 3.05) is 13.6 Å². The third-order valence-corrected chi connectivity index (χ3v) is 6.08. The van der Waals surface area contributed by atoms with Crippen LogP contribution >= 0.6 is 11.3 Å². The number of thiophene rings is 1. The lowest BCUT2D eigenvalue weighted by Crippen LogP contribution is -2.31. The Hall–Kier alpha value is -1.54. The first-order valence-electron chi connectivity index (χ1n) is 6.61. The number of hydrogen-bond donors (Lipinski definition) is 1. The fourth-order valence-electron chi connectivity index (χ4n) is 1.95. The van der Waals surface area contributed by atoms with Crippen LogP contribution in [0.2, 0.25) is 0 Å². The molecule has 1 heterocycles. The molecule has 5 nitrogen and oxygen atoms in total. The molecule has 1 atom stereocenters. The first kappa shape index (κ1) is 16.8. The standard InChI is InChI=1S/C15H17NO4S2/c1-11(17)12-5-7-13(8-6-12)22(19,20)16(2)10-14(18)15-4-3-9-21-15/h3-9,14,18H,10H2,1-2H3. The fourth-order valence-corrected chi connectivity index (χ4v) is 3.83. The zero-order chi connectivity index (χ0) is 16.3. The summed E-state index contributed by atoms with van der Waals surface area (Å²) < 4.78 is 26.0. The molecular weight excluding hydrogens is 322 g/mol. The zero-order valence-corrected chi connectivity index (χ0v) is 13.9. The smallest absolute Gasteiger partial charge is 0.242 e. The number of aliphatic hydroxyl groups is 1. The predicted octanol–water partition coefficient (Wildman–Crippen LogP) is 2.30. The van der Waals surface area contributed by atoms with Gasteiger partial charge in [-0.3, -0.25) is 4.79 Å².